The molecule has 3 N–H and O–H groups in total. The maximum Gasteiger partial charge on any atom is 0.727 e. The molecule has 6 heteroatoms. The van der Waals surface area contributed by atoms with E-state index in [9.17, 15) is 0 Å². The Morgan fingerprint density at radius 2 is 1.92 bits per heavy atom. The van der Waals surface area contributed by atoms with Gasteiger partial charge in [0.2, 0.25) is 0 Å². The van der Waals surface area contributed by atoms with Crippen LogP contribution in [0.3, 0.4) is 0 Å². The molecule has 1 aromatic rings. The lowest BCUT2D eigenvalue weighted by Crippen LogP contribution is -2.29. The SMILES string of the molecule is NOB(O)Oc1ccc(Cl)cc1. The Hall–Kier alpha value is -0.745. The van der Waals surface area contributed by atoms with Crippen LogP contribution in [0.1, 0.15) is 0 Å². The van der Waals surface area contributed by atoms with Crippen LogP contribution in [0, 0.1) is 0 Å². The normalized spacial score (nSPS) is 9.58. The third-order valence-corrected chi connectivity index (χ3v) is 1.42. The van der Waals surface area contributed by atoms with Gasteiger partial charge in [0, 0.05) is 5.02 Å². The molecule has 4 nitrogen and oxygen atoms in total. The van der Waals surface area contributed by atoms with E-state index >= 15 is 0 Å². The largest absolute Gasteiger partial charge is 0.727 e. The van der Waals surface area contributed by atoms with Gasteiger partial charge < -0.3 is 9.68 Å². The van der Waals surface area contributed by atoms with E-state index in [-0.39, 0.29) is 0 Å². The van der Waals surface area contributed by atoms with Crippen molar-refractivity contribution in [3.63, 3.8) is 0 Å². The van der Waals surface area contributed by atoms with Gasteiger partial charge in [-0.2, -0.15) is 0 Å². The fourth-order valence-electron chi connectivity index (χ4n) is 0.657. The highest BCUT2D eigenvalue weighted by Crippen LogP contribution is 2.15. The van der Waals surface area contributed by atoms with Crippen LogP contribution in [0.5, 0.6) is 5.75 Å². The number of benzene rings is 1. The smallest absolute Gasteiger partial charge is 0.511 e. The number of halogens is 1. The lowest BCUT2D eigenvalue weighted by Gasteiger charge is -2.05. The summed E-state index contributed by atoms with van der Waals surface area (Å²) in [6.07, 6.45) is 0. The highest BCUT2D eigenvalue weighted by molar-refractivity contribution is 6.35. The van der Waals surface area contributed by atoms with E-state index in [0.717, 1.165) is 0 Å². The molecule has 0 radical (unpaired) electrons. The molecule has 0 aromatic heterocycles. The van der Waals surface area contributed by atoms with Crippen molar-refractivity contribution in [2.24, 2.45) is 5.90 Å². The number of hydrogen-bond acceptors (Lipinski definition) is 4. The highest BCUT2D eigenvalue weighted by atomic mass is 35.5. The van der Waals surface area contributed by atoms with Crippen LogP contribution in [-0.2, 0) is 4.76 Å². The molecular formula is C6H7BClNO3. The molecule has 0 saturated carbocycles. The zero-order valence-electron chi connectivity index (χ0n) is 6.11. The maximum atomic E-state index is 8.78. The summed E-state index contributed by atoms with van der Waals surface area (Å²) in [4.78, 5) is 0. The lowest BCUT2D eigenvalue weighted by atomic mass is 10.2. The average molecular weight is 187 g/mol. The molecule has 0 saturated heterocycles. The van der Waals surface area contributed by atoms with Crippen LogP contribution >= 0.6 is 11.6 Å². The number of nitrogens with two attached hydrogens (primary N) is 1. The zero-order chi connectivity index (χ0) is 8.97. The molecule has 64 valence electrons. The Bertz CT molecular complexity index is 243. The first-order valence-corrected chi connectivity index (χ1v) is 3.56. The van der Waals surface area contributed by atoms with Crippen LogP contribution in [-0.4, -0.2) is 12.3 Å². The van der Waals surface area contributed by atoms with Crippen molar-refractivity contribution in [1.29, 1.82) is 0 Å². The van der Waals surface area contributed by atoms with E-state index in [1.165, 1.54) is 0 Å². The monoisotopic (exact) mass is 187 g/mol. The number of hydrogen-bond donors (Lipinski definition) is 2. The summed E-state index contributed by atoms with van der Waals surface area (Å²) in [5.74, 6) is 5.08. The maximum absolute atomic E-state index is 8.78. The third kappa shape index (κ3) is 2.71. The molecule has 0 fully saturated rings. The first-order valence-electron chi connectivity index (χ1n) is 3.18. The molecule has 0 aliphatic carbocycles. The van der Waals surface area contributed by atoms with Gasteiger partial charge in [0.05, 0.1) is 0 Å². The van der Waals surface area contributed by atoms with Crippen molar-refractivity contribution in [2.45, 2.75) is 0 Å². The van der Waals surface area contributed by atoms with Gasteiger partial charge in [0.1, 0.15) is 5.75 Å². The molecule has 0 atom stereocenters. The summed E-state index contributed by atoms with van der Waals surface area (Å²) in [6, 6.07) is 6.43. The van der Waals surface area contributed by atoms with Crippen molar-refractivity contribution in [3.05, 3.63) is 29.3 Å². The minimum absolute atomic E-state index is 0.428. The Morgan fingerprint density at radius 1 is 1.33 bits per heavy atom. The predicted octanol–water partition coefficient (Wildman–Crippen LogP) is 0.586. The minimum Gasteiger partial charge on any atom is -0.511 e. The van der Waals surface area contributed by atoms with Gasteiger partial charge in [-0.15, -0.1) is 0 Å². The highest BCUT2D eigenvalue weighted by Gasteiger charge is 2.16. The standard InChI is InChI=1S/C6H7BClNO3/c8-5-1-3-6(4-2-5)11-7(10)12-9/h1-4,10H,9H2. The molecule has 0 heterocycles. The van der Waals surface area contributed by atoms with Gasteiger partial charge in [-0.3, -0.25) is 4.76 Å². The van der Waals surface area contributed by atoms with Crippen LogP contribution in [0.2, 0.25) is 5.02 Å². The van der Waals surface area contributed by atoms with E-state index in [2.05, 4.69) is 10.7 Å². The van der Waals surface area contributed by atoms with E-state index in [0.29, 0.717) is 10.8 Å². The Balaban J connectivity index is 2.58. The van der Waals surface area contributed by atoms with Crippen molar-refractivity contribution in [2.75, 3.05) is 0 Å². The van der Waals surface area contributed by atoms with Crippen molar-refractivity contribution in [3.8, 4) is 5.75 Å². The molecule has 0 aliphatic rings. The second-order valence-corrected chi connectivity index (χ2v) is 2.45. The van der Waals surface area contributed by atoms with Crippen molar-refractivity contribution >= 4 is 18.9 Å². The second-order valence-electron chi connectivity index (χ2n) is 2.01. The lowest BCUT2D eigenvalue weighted by molar-refractivity contribution is 0.198. The van der Waals surface area contributed by atoms with Gasteiger partial charge in [-0.1, -0.05) is 11.6 Å². The summed E-state index contributed by atoms with van der Waals surface area (Å²) in [7, 11) is -1.45. The summed E-state index contributed by atoms with van der Waals surface area (Å²) in [5.41, 5.74) is 0. The fourth-order valence-corrected chi connectivity index (χ4v) is 0.783. The first-order chi connectivity index (χ1) is 5.72. The van der Waals surface area contributed by atoms with Crippen LogP contribution in [0.4, 0.5) is 0 Å². The molecule has 1 aromatic carbocycles. The van der Waals surface area contributed by atoms with E-state index in [1.807, 2.05) is 0 Å². The van der Waals surface area contributed by atoms with Gasteiger partial charge in [-0.05, 0) is 24.3 Å². The van der Waals surface area contributed by atoms with Crippen LogP contribution < -0.4 is 10.6 Å². The topological polar surface area (TPSA) is 64.7 Å². The molecule has 0 spiro atoms. The van der Waals surface area contributed by atoms with Crippen molar-refractivity contribution in [1.82, 2.24) is 0 Å². The van der Waals surface area contributed by atoms with Gasteiger partial charge in [-0.25, -0.2) is 5.90 Å². The molecule has 12 heavy (non-hydrogen) atoms. The van der Waals surface area contributed by atoms with Crippen LogP contribution in [0.15, 0.2) is 24.3 Å². The molecule has 0 amide bonds. The Morgan fingerprint density at radius 3 is 2.42 bits per heavy atom. The number of rotatable bonds is 3. The fraction of sp³-hybridized carbons (Fsp3) is 0. The summed E-state index contributed by atoms with van der Waals surface area (Å²) in [6.45, 7) is 0. The zero-order valence-corrected chi connectivity index (χ0v) is 6.86. The Kier molecular flexibility index (Phi) is 3.37. The van der Waals surface area contributed by atoms with E-state index in [1.54, 1.807) is 24.3 Å². The molecule has 0 aliphatic heterocycles. The summed E-state index contributed by atoms with van der Waals surface area (Å²) < 4.78 is 8.75. The average Bonchev–Trinajstić information content (AvgIpc) is 2.09. The Labute approximate surface area is 75.0 Å². The van der Waals surface area contributed by atoms with Crippen molar-refractivity contribution < 1.29 is 14.4 Å². The van der Waals surface area contributed by atoms with E-state index < -0.39 is 7.32 Å². The predicted molar refractivity (Wildman–Crippen MR) is 45.3 cm³/mol. The molecule has 1 rings (SSSR count). The molecule has 0 unspecified atom stereocenters. The summed E-state index contributed by atoms with van der Waals surface area (Å²) in [5, 5.41) is 9.37. The quantitative estimate of drug-likeness (QED) is 0.537. The summed E-state index contributed by atoms with van der Waals surface area (Å²) >= 11 is 5.61. The third-order valence-electron chi connectivity index (χ3n) is 1.17. The first kappa shape index (κ1) is 9.34. The molecular weight excluding hydrogens is 180 g/mol. The minimum atomic E-state index is -1.45. The van der Waals surface area contributed by atoms with E-state index in [4.69, 9.17) is 21.3 Å². The van der Waals surface area contributed by atoms with Gasteiger partial charge >= 0.3 is 7.32 Å². The van der Waals surface area contributed by atoms with Gasteiger partial charge in [0.15, 0.2) is 0 Å². The van der Waals surface area contributed by atoms with Gasteiger partial charge in [0.25, 0.3) is 0 Å². The van der Waals surface area contributed by atoms with Crippen LogP contribution in [0.25, 0.3) is 0 Å². The molecule has 0 bridgehead atoms. The second kappa shape index (κ2) is 4.32.